The zero-order valence-corrected chi connectivity index (χ0v) is 15.4. The monoisotopic (exact) mass is 407 g/mol. The van der Waals surface area contributed by atoms with Crippen molar-refractivity contribution in [3.63, 3.8) is 0 Å². The summed E-state index contributed by atoms with van der Waals surface area (Å²) in [5, 5.41) is 2.52. The minimum absolute atomic E-state index is 0.00104. The van der Waals surface area contributed by atoms with E-state index in [0.717, 1.165) is 12.1 Å². The summed E-state index contributed by atoms with van der Waals surface area (Å²) >= 11 is 0. The summed E-state index contributed by atoms with van der Waals surface area (Å²) in [6, 6.07) is 2.94. The second kappa shape index (κ2) is 8.51. The maximum absolute atomic E-state index is 12.3. The van der Waals surface area contributed by atoms with E-state index in [1.54, 1.807) is 0 Å². The van der Waals surface area contributed by atoms with Crippen molar-refractivity contribution in [1.29, 1.82) is 0 Å². The summed E-state index contributed by atoms with van der Waals surface area (Å²) in [5.41, 5.74) is -0.0310. The highest BCUT2D eigenvalue weighted by molar-refractivity contribution is 7.91. The summed E-state index contributed by atoms with van der Waals surface area (Å²) in [5.74, 6) is -2.01. The van der Waals surface area contributed by atoms with Gasteiger partial charge in [-0.2, -0.15) is 8.78 Å². The molecule has 8 nitrogen and oxygen atoms in total. The van der Waals surface area contributed by atoms with Gasteiger partial charge in [-0.05, 0) is 31.5 Å². The van der Waals surface area contributed by atoms with Crippen LogP contribution in [0.3, 0.4) is 0 Å². The highest BCUT2D eigenvalue weighted by atomic mass is 32.2. The summed E-state index contributed by atoms with van der Waals surface area (Å²) in [4.78, 5) is 24.2. The molecule has 2 rings (SSSR count). The van der Waals surface area contributed by atoms with Crippen LogP contribution in [0.4, 0.5) is 8.78 Å². The molecule has 1 amide bonds. The van der Waals surface area contributed by atoms with E-state index >= 15 is 0 Å². The molecule has 150 valence electrons. The Hall–Kier alpha value is -2.43. The SMILES string of the molecule is COc1cc(C(=O)O[C@H](C)C(=O)N[C@H]2CCS(=O)(=O)C2)ccc1OC(F)F. The number of benzene rings is 1. The number of hydrogen-bond acceptors (Lipinski definition) is 7. The molecule has 1 heterocycles. The van der Waals surface area contributed by atoms with Crippen molar-refractivity contribution in [2.24, 2.45) is 0 Å². The smallest absolute Gasteiger partial charge is 0.387 e. The van der Waals surface area contributed by atoms with Crippen LogP contribution >= 0.6 is 0 Å². The first kappa shape index (κ1) is 20.9. The van der Waals surface area contributed by atoms with Crippen LogP contribution in [0.25, 0.3) is 0 Å². The Kier molecular flexibility index (Phi) is 6.58. The molecule has 1 aromatic carbocycles. The van der Waals surface area contributed by atoms with Crippen molar-refractivity contribution in [3.05, 3.63) is 23.8 Å². The van der Waals surface area contributed by atoms with Gasteiger partial charge in [-0.15, -0.1) is 0 Å². The molecule has 1 aliphatic heterocycles. The molecule has 0 radical (unpaired) electrons. The van der Waals surface area contributed by atoms with Crippen LogP contribution in [0.15, 0.2) is 18.2 Å². The van der Waals surface area contributed by atoms with Gasteiger partial charge in [0.15, 0.2) is 27.4 Å². The predicted octanol–water partition coefficient (Wildman–Crippen LogP) is 1.15. The van der Waals surface area contributed by atoms with E-state index in [9.17, 15) is 26.8 Å². The van der Waals surface area contributed by atoms with Gasteiger partial charge in [0, 0.05) is 6.04 Å². The van der Waals surface area contributed by atoms with Crippen molar-refractivity contribution in [3.8, 4) is 11.5 Å². The van der Waals surface area contributed by atoms with Crippen molar-refractivity contribution < 1.29 is 41.0 Å². The van der Waals surface area contributed by atoms with Gasteiger partial charge in [0.25, 0.3) is 5.91 Å². The maximum Gasteiger partial charge on any atom is 0.387 e. The fourth-order valence-corrected chi connectivity index (χ4v) is 4.17. The number of nitrogens with one attached hydrogen (secondary N) is 1. The van der Waals surface area contributed by atoms with Crippen LogP contribution in [-0.4, -0.2) is 57.7 Å². The van der Waals surface area contributed by atoms with E-state index in [1.807, 2.05) is 0 Å². The number of rotatable bonds is 7. The lowest BCUT2D eigenvalue weighted by Crippen LogP contribution is -2.42. The van der Waals surface area contributed by atoms with Gasteiger partial charge in [-0.3, -0.25) is 4.79 Å². The Labute approximate surface area is 154 Å². The van der Waals surface area contributed by atoms with E-state index in [4.69, 9.17) is 9.47 Å². The number of carbonyl (C=O) groups is 2. The molecule has 1 aliphatic rings. The van der Waals surface area contributed by atoms with E-state index in [2.05, 4.69) is 10.1 Å². The lowest BCUT2D eigenvalue weighted by atomic mass is 10.2. The van der Waals surface area contributed by atoms with Gasteiger partial charge in [-0.1, -0.05) is 0 Å². The molecule has 27 heavy (non-hydrogen) atoms. The van der Waals surface area contributed by atoms with Crippen molar-refractivity contribution in [2.45, 2.75) is 32.1 Å². The van der Waals surface area contributed by atoms with Crippen molar-refractivity contribution in [1.82, 2.24) is 5.32 Å². The Morgan fingerprint density at radius 2 is 1.96 bits per heavy atom. The summed E-state index contributed by atoms with van der Waals surface area (Å²) in [6.45, 7) is -1.72. The van der Waals surface area contributed by atoms with Crippen LogP contribution < -0.4 is 14.8 Å². The fraction of sp³-hybridized carbons (Fsp3) is 0.500. The Morgan fingerprint density at radius 1 is 1.26 bits per heavy atom. The Bertz CT molecular complexity index is 813. The third-order valence-electron chi connectivity index (χ3n) is 3.85. The third-order valence-corrected chi connectivity index (χ3v) is 5.62. The Balaban J connectivity index is 1.98. The number of ether oxygens (including phenoxy) is 3. The summed E-state index contributed by atoms with van der Waals surface area (Å²) in [7, 11) is -1.94. The van der Waals surface area contributed by atoms with Crippen LogP contribution in [0.2, 0.25) is 0 Å². The molecule has 0 aliphatic carbocycles. The number of hydrogen-bond donors (Lipinski definition) is 1. The topological polar surface area (TPSA) is 108 Å². The molecule has 1 fully saturated rings. The first-order chi connectivity index (χ1) is 12.6. The number of amides is 1. The van der Waals surface area contributed by atoms with Crippen LogP contribution in [0.5, 0.6) is 11.5 Å². The van der Waals surface area contributed by atoms with Crippen LogP contribution in [0, 0.1) is 0 Å². The molecule has 0 bridgehead atoms. The number of alkyl halides is 2. The highest BCUT2D eigenvalue weighted by Crippen LogP contribution is 2.29. The molecule has 0 saturated carbocycles. The van der Waals surface area contributed by atoms with Crippen LogP contribution in [0.1, 0.15) is 23.7 Å². The average molecular weight is 407 g/mol. The van der Waals surface area contributed by atoms with Gasteiger partial charge >= 0.3 is 12.6 Å². The maximum atomic E-state index is 12.3. The molecular weight excluding hydrogens is 388 g/mol. The molecule has 0 aromatic heterocycles. The van der Waals surface area contributed by atoms with Gasteiger partial charge < -0.3 is 19.5 Å². The number of halogens is 2. The van der Waals surface area contributed by atoms with Crippen LogP contribution in [-0.2, 0) is 19.4 Å². The molecular formula is C16H19F2NO7S. The third kappa shape index (κ3) is 5.78. The minimum Gasteiger partial charge on any atom is -0.493 e. The molecule has 0 spiro atoms. The molecule has 0 unspecified atom stereocenters. The van der Waals surface area contributed by atoms with E-state index in [-0.39, 0.29) is 28.6 Å². The van der Waals surface area contributed by atoms with Gasteiger partial charge in [0.2, 0.25) is 0 Å². The zero-order valence-electron chi connectivity index (χ0n) is 14.6. The van der Waals surface area contributed by atoms with Gasteiger partial charge in [0.1, 0.15) is 0 Å². The molecule has 1 aromatic rings. The summed E-state index contributed by atoms with van der Waals surface area (Å²) < 4.78 is 61.6. The van der Waals surface area contributed by atoms with E-state index in [1.165, 1.54) is 20.1 Å². The second-order valence-corrected chi connectivity index (χ2v) is 8.13. The molecule has 1 saturated heterocycles. The number of methoxy groups -OCH3 is 1. The highest BCUT2D eigenvalue weighted by Gasteiger charge is 2.31. The lowest BCUT2D eigenvalue weighted by molar-refractivity contribution is -0.129. The largest absolute Gasteiger partial charge is 0.493 e. The normalized spacial score (nSPS) is 19.4. The minimum atomic E-state index is -3.15. The first-order valence-electron chi connectivity index (χ1n) is 7.96. The molecule has 1 N–H and O–H groups in total. The Morgan fingerprint density at radius 3 is 2.52 bits per heavy atom. The zero-order chi connectivity index (χ0) is 20.2. The first-order valence-corrected chi connectivity index (χ1v) is 9.78. The second-order valence-electron chi connectivity index (χ2n) is 5.90. The van der Waals surface area contributed by atoms with Gasteiger partial charge in [-0.25, -0.2) is 13.2 Å². The number of esters is 1. The van der Waals surface area contributed by atoms with Crippen molar-refractivity contribution >= 4 is 21.7 Å². The number of sulfone groups is 1. The fourth-order valence-electron chi connectivity index (χ4n) is 2.50. The average Bonchev–Trinajstić information content (AvgIpc) is 2.92. The predicted molar refractivity (Wildman–Crippen MR) is 89.7 cm³/mol. The quantitative estimate of drug-likeness (QED) is 0.676. The molecule has 2 atom stereocenters. The molecule has 11 heteroatoms. The summed E-state index contributed by atoms with van der Waals surface area (Å²) in [6.07, 6.45) is -0.874. The van der Waals surface area contributed by atoms with Crippen molar-refractivity contribution in [2.75, 3.05) is 18.6 Å². The standard InChI is InChI=1S/C16H19F2NO7S/c1-9(14(20)19-11-5-6-27(22,23)8-11)25-15(21)10-3-4-12(26-16(17)18)13(7-10)24-2/h3-4,7,9,11,16H,5-6,8H2,1-2H3,(H,19,20)/t9-,11+/m1/s1. The number of carbonyl (C=O) groups excluding carboxylic acids is 2. The van der Waals surface area contributed by atoms with E-state index in [0.29, 0.717) is 6.42 Å². The van der Waals surface area contributed by atoms with Gasteiger partial charge in [0.05, 0.1) is 24.2 Å². The van der Waals surface area contributed by atoms with E-state index < -0.39 is 40.5 Å². The lowest BCUT2D eigenvalue weighted by Gasteiger charge is -2.17.